The van der Waals surface area contributed by atoms with Gasteiger partial charge in [0.05, 0.1) is 18.4 Å². The Morgan fingerprint density at radius 1 is 1.25 bits per heavy atom. The molecule has 2 rings (SSSR count). The molecule has 10 heteroatoms. The molecule has 0 saturated carbocycles. The van der Waals surface area contributed by atoms with Crippen molar-refractivity contribution in [1.82, 2.24) is 4.90 Å². The number of aromatic hydroxyl groups is 1. The molecular formula is C22H26N2O7S. The van der Waals surface area contributed by atoms with Gasteiger partial charge in [-0.15, -0.1) is 0 Å². The molecule has 0 unspecified atom stereocenters. The quantitative estimate of drug-likeness (QED) is 0.547. The summed E-state index contributed by atoms with van der Waals surface area (Å²) in [5.41, 5.74) is 1.26. The first-order valence-electron chi connectivity index (χ1n) is 9.77. The molecule has 2 N–H and O–H groups in total. The molecule has 0 heterocycles. The number of amides is 3. The van der Waals surface area contributed by atoms with Crippen molar-refractivity contribution in [3.8, 4) is 11.5 Å². The van der Waals surface area contributed by atoms with E-state index in [0.29, 0.717) is 16.8 Å². The second-order valence-electron chi connectivity index (χ2n) is 7.25. The number of hydrogen-bond acceptors (Lipinski definition) is 7. The number of carbonyl (C=O) groups excluding carboxylic acids is 3. The molecule has 2 aromatic carbocycles. The van der Waals surface area contributed by atoms with Crippen molar-refractivity contribution in [2.45, 2.75) is 26.8 Å². The molecule has 0 bridgehead atoms. The first kappa shape index (κ1) is 24.9. The summed E-state index contributed by atoms with van der Waals surface area (Å²) in [4.78, 5) is 37.6. The largest absolute Gasteiger partial charge is 0.504 e. The van der Waals surface area contributed by atoms with E-state index in [1.165, 1.54) is 31.2 Å². The Labute approximate surface area is 186 Å². The number of phenols is 1. The molecule has 1 atom stereocenters. The average Bonchev–Trinajstić information content (AvgIpc) is 2.70. The zero-order valence-corrected chi connectivity index (χ0v) is 19.1. The number of benzene rings is 2. The van der Waals surface area contributed by atoms with E-state index in [1.807, 2.05) is 0 Å². The van der Waals surface area contributed by atoms with Crippen molar-refractivity contribution in [3.63, 3.8) is 0 Å². The third-order valence-electron chi connectivity index (χ3n) is 4.69. The molecule has 0 aliphatic rings. The maximum absolute atomic E-state index is 13.3. The lowest BCUT2D eigenvalue weighted by Crippen LogP contribution is -2.37. The van der Waals surface area contributed by atoms with Gasteiger partial charge in [0.2, 0.25) is 12.3 Å². The van der Waals surface area contributed by atoms with Crippen molar-refractivity contribution in [2.24, 2.45) is 0 Å². The van der Waals surface area contributed by atoms with Crippen LogP contribution in [0.2, 0.25) is 0 Å². The van der Waals surface area contributed by atoms with E-state index in [0.717, 1.165) is 11.2 Å². The average molecular weight is 463 g/mol. The Bertz CT molecular complexity index is 1130. The van der Waals surface area contributed by atoms with E-state index in [-0.39, 0.29) is 36.0 Å². The van der Waals surface area contributed by atoms with Crippen LogP contribution in [0.3, 0.4) is 0 Å². The third kappa shape index (κ3) is 6.07. The molecule has 172 valence electrons. The monoisotopic (exact) mass is 462 g/mol. The first-order valence-corrected chi connectivity index (χ1v) is 11.8. The van der Waals surface area contributed by atoms with Gasteiger partial charge in [0.15, 0.2) is 11.5 Å². The zero-order chi connectivity index (χ0) is 24.1. The minimum absolute atomic E-state index is 0.102. The maximum Gasteiger partial charge on any atom is 0.261 e. The zero-order valence-electron chi connectivity index (χ0n) is 18.3. The highest BCUT2D eigenvalue weighted by atomic mass is 32.2. The van der Waals surface area contributed by atoms with Crippen LogP contribution < -0.4 is 10.1 Å². The van der Waals surface area contributed by atoms with Crippen LogP contribution in [0.5, 0.6) is 11.5 Å². The summed E-state index contributed by atoms with van der Waals surface area (Å²) in [6.07, 6.45) is 1.27. The van der Waals surface area contributed by atoms with Gasteiger partial charge < -0.3 is 15.2 Å². The summed E-state index contributed by atoms with van der Waals surface area (Å²) in [5.74, 6) is -1.64. The Kier molecular flexibility index (Phi) is 7.98. The number of ether oxygens (including phenoxy) is 1. The fraction of sp³-hybridized carbons (Fsp3) is 0.318. The molecule has 0 radical (unpaired) electrons. The maximum atomic E-state index is 13.3. The van der Waals surface area contributed by atoms with Gasteiger partial charge in [-0.2, -0.15) is 0 Å². The fourth-order valence-electron chi connectivity index (χ4n) is 3.23. The number of hydrogen-bond donors (Lipinski definition) is 2. The van der Waals surface area contributed by atoms with Gasteiger partial charge in [0, 0.05) is 24.4 Å². The molecule has 0 saturated heterocycles. The molecule has 3 amide bonds. The highest BCUT2D eigenvalue weighted by molar-refractivity contribution is 7.90. The molecule has 9 nitrogen and oxygen atoms in total. The first-order chi connectivity index (χ1) is 15.0. The molecule has 0 spiro atoms. The SMILES string of the molecule is CCOc1cc([C@@H](CS(C)(=O)=O)N(C=O)C(=O)c2cccc(NC(C)=O)c2C)ccc1O. The number of rotatable bonds is 9. The molecular weight excluding hydrogens is 436 g/mol. The van der Waals surface area contributed by atoms with Crippen molar-refractivity contribution in [3.05, 3.63) is 53.1 Å². The molecule has 32 heavy (non-hydrogen) atoms. The smallest absolute Gasteiger partial charge is 0.261 e. The fourth-order valence-corrected chi connectivity index (χ4v) is 4.15. The van der Waals surface area contributed by atoms with Gasteiger partial charge in [0.25, 0.3) is 5.91 Å². The minimum Gasteiger partial charge on any atom is -0.504 e. The highest BCUT2D eigenvalue weighted by Gasteiger charge is 2.31. The second-order valence-corrected chi connectivity index (χ2v) is 9.43. The van der Waals surface area contributed by atoms with Crippen LogP contribution in [0, 0.1) is 6.92 Å². The van der Waals surface area contributed by atoms with Crippen LogP contribution in [0.15, 0.2) is 36.4 Å². The van der Waals surface area contributed by atoms with Crippen LogP contribution >= 0.6 is 0 Å². The summed E-state index contributed by atoms with van der Waals surface area (Å²) < 4.78 is 29.6. The molecule has 0 aromatic heterocycles. The number of phenolic OH excluding ortho intramolecular Hbond substituents is 1. The summed E-state index contributed by atoms with van der Waals surface area (Å²) in [6, 6.07) is 7.62. The van der Waals surface area contributed by atoms with Gasteiger partial charge in [-0.3, -0.25) is 19.3 Å². The summed E-state index contributed by atoms with van der Waals surface area (Å²) >= 11 is 0. The van der Waals surface area contributed by atoms with E-state index in [1.54, 1.807) is 26.0 Å². The van der Waals surface area contributed by atoms with Crippen LogP contribution in [0.1, 0.15) is 41.4 Å². The lowest BCUT2D eigenvalue weighted by atomic mass is 10.0. The number of anilines is 1. The Morgan fingerprint density at radius 2 is 1.94 bits per heavy atom. The predicted octanol–water partition coefficient (Wildman–Crippen LogP) is 2.44. The predicted molar refractivity (Wildman–Crippen MR) is 119 cm³/mol. The van der Waals surface area contributed by atoms with E-state index in [4.69, 9.17) is 4.74 Å². The molecule has 0 aliphatic heterocycles. The van der Waals surface area contributed by atoms with Crippen LogP contribution in [0.25, 0.3) is 0 Å². The molecule has 2 aromatic rings. The normalized spacial score (nSPS) is 12.0. The van der Waals surface area contributed by atoms with Crippen molar-refractivity contribution >= 4 is 33.7 Å². The van der Waals surface area contributed by atoms with Gasteiger partial charge in [-0.25, -0.2) is 8.42 Å². The van der Waals surface area contributed by atoms with Crippen LogP contribution in [-0.2, 0) is 19.4 Å². The number of carbonyl (C=O) groups is 3. The van der Waals surface area contributed by atoms with E-state index < -0.39 is 27.5 Å². The summed E-state index contributed by atoms with van der Waals surface area (Å²) in [5, 5.41) is 12.6. The number of sulfone groups is 1. The van der Waals surface area contributed by atoms with Gasteiger partial charge in [0.1, 0.15) is 9.84 Å². The number of nitrogens with one attached hydrogen (secondary N) is 1. The van der Waals surface area contributed by atoms with Gasteiger partial charge >= 0.3 is 0 Å². The lowest BCUT2D eigenvalue weighted by Gasteiger charge is -2.28. The molecule has 0 fully saturated rings. The summed E-state index contributed by atoms with van der Waals surface area (Å²) in [7, 11) is -3.62. The third-order valence-corrected chi connectivity index (χ3v) is 5.61. The van der Waals surface area contributed by atoms with Gasteiger partial charge in [-0.1, -0.05) is 12.1 Å². The van der Waals surface area contributed by atoms with Crippen LogP contribution in [0.4, 0.5) is 5.69 Å². The van der Waals surface area contributed by atoms with Crippen molar-refractivity contribution < 1.29 is 32.6 Å². The minimum atomic E-state index is -3.62. The number of nitrogens with zero attached hydrogens (tertiary/aromatic N) is 1. The van der Waals surface area contributed by atoms with Crippen molar-refractivity contribution in [1.29, 1.82) is 0 Å². The Hall–Kier alpha value is -3.40. The highest BCUT2D eigenvalue weighted by Crippen LogP contribution is 2.33. The van der Waals surface area contributed by atoms with E-state index in [9.17, 15) is 27.9 Å². The standard InChI is InChI=1S/C22H26N2O7S/c1-5-31-21-11-16(9-10-20(21)27)19(12-32(4,29)30)24(13-25)22(28)17-7-6-8-18(14(17)2)23-15(3)26/h6-11,13,19,27H,5,12H2,1-4H3,(H,23,26)/t19-/m1/s1. The Balaban J connectivity index is 2.58. The van der Waals surface area contributed by atoms with Crippen LogP contribution in [-0.4, -0.2) is 55.3 Å². The van der Waals surface area contributed by atoms with Gasteiger partial charge in [-0.05, 0) is 49.2 Å². The summed E-state index contributed by atoms with van der Waals surface area (Å²) in [6.45, 7) is 4.90. The van der Waals surface area contributed by atoms with E-state index >= 15 is 0 Å². The second kappa shape index (κ2) is 10.3. The lowest BCUT2D eigenvalue weighted by molar-refractivity contribution is -0.117. The van der Waals surface area contributed by atoms with E-state index in [2.05, 4.69) is 5.32 Å². The Morgan fingerprint density at radius 3 is 2.50 bits per heavy atom. The molecule has 0 aliphatic carbocycles. The topological polar surface area (TPSA) is 130 Å². The number of imide groups is 1. The van der Waals surface area contributed by atoms with Crippen molar-refractivity contribution in [2.75, 3.05) is 23.9 Å².